The molecular weight excluding hydrogens is 246 g/mol. The molecule has 1 aliphatic rings. The molecule has 0 amide bonds. The summed E-state index contributed by atoms with van der Waals surface area (Å²) in [5.74, 6) is 0.670. The molecule has 18 heavy (non-hydrogen) atoms. The first-order valence-electron chi connectivity index (χ1n) is 6.16. The maximum Gasteiger partial charge on any atom is 0.171 e. The van der Waals surface area contributed by atoms with Crippen LogP contribution in [0.5, 0.6) is 0 Å². The van der Waals surface area contributed by atoms with E-state index in [1.54, 1.807) is 0 Å². The van der Waals surface area contributed by atoms with Crippen molar-refractivity contribution in [2.75, 3.05) is 23.7 Å². The molecule has 0 saturated heterocycles. The Morgan fingerprint density at radius 1 is 1.61 bits per heavy atom. The number of hydrogen-bond donors (Lipinski definition) is 1. The molecule has 2 rings (SSSR count). The van der Waals surface area contributed by atoms with Crippen LogP contribution < -0.4 is 10.6 Å². The van der Waals surface area contributed by atoms with E-state index in [0.29, 0.717) is 16.1 Å². The lowest BCUT2D eigenvalue weighted by Crippen LogP contribution is -2.24. The molecule has 0 radical (unpaired) electrons. The van der Waals surface area contributed by atoms with Gasteiger partial charge in [0.15, 0.2) is 5.78 Å². The van der Waals surface area contributed by atoms with Gasteiger partial charge in [0.05, 0.1) is 10.6 Å². The van der Waals surface area contributed by atoms with Crippen molar-refractivity contribution >= 4 is 27.8 Å². The first kappa shape index (κ1) is 12.9. The Labute approximate surface area is 111 Å². The number of ketones is 1. The van der Waals surface area contributed by atoms with Gasteiger partial charge >= 0.3 is 0 Å². The topological polar surface area (TPSA) is 70.1 Å². The van der Waals surface area contributed by atoms with Gasteiger partial charge in [-0.05, 0) is 25.7 Å². The SMILES string of the molecule is CCN(CC1CC1)c1sc(C(C)=O)c(N)c1C#N. The smallest absolute Gasteiger partial charge is 0.171 e. The number of carbonyl (C=O) groups is 1. The molecule has 1 fully saturated rings. The third-order valence-electron chi connectivity index (χ3n) is 3.20. The van der Waals surface area contributed by atoms with Gasteiger partial charge in [0.2, 0.25) is 0 Å². The highest BCUT2D eigenvalue weighted by Gasteiger charge is 2.27. The fourth-order valence-corrected chi connectivity index (χ4v) is 3.13. The number of carbonyl (C=O) groups excluding carboxylic acids is 1. The number of nitrogens with two attached hydrogens (primary N) is 1. The average molecular weight is 263 g/mol. The van der Waals surface area contributed by atoms with E-state index in [9.17, 15) is 10.1 Å². The second-order valence-corrected chi connectivity index (χ2v) is 5.67. The van der Waals surface area contributed by atoms with E-state index in [1.165, 1.54) is 31.1 Å². The Hall–Kier alpha value is -1.54. The molecule has 1 heterocycles. The highest BCUT2D eigenvalue weighted by atomic mass is 32.1. The van der Waals surface area contributed by atoms with Gasteiger partial charge in [-0.3, -0.25) is 4.79 Å². The number of thiophene rings is 1. The van der Waals surface area contributed by atoms with E-state index in [0.717, 1.165) is 24.0 Å². The monoisotopic (exact) mass is 263 g/mol. The van der Waals surface area contributed by atoms with Gasteiger partial charge in [-0.25, -0.2) is 0 Å². The molecule has 0 bridgehead atoms. The Bertz CT molecular complexity index is 511. The lowest BCUT2D eigenvalue weighted by atomic mass is 10.2. The molecule has 1 aliphatic carbocycles. The second-order valence-electron chi connectivity index (χ2n) is 4.68. The summed E-state index contributed by atoms with van der Waals surface area (Å²) < 4.78 is 0. The Balaban J connectivity index is 2.38. The summed E-state index contributed by atoms with van der Waals surface area (Å²) in [5.41, 5.74) is 6.71. The zero-order valence-electron chi connectivity index (χ0n) is 10.7. The van der Waals surface area contributed by atoms with Crippen molar-refractivity contribution in [1.29, 1.82) is 5.26 Å². The van der Waals surface area contributed by atoms with Crippen LogP contribution >= 0.6 is 11.3 Å². The van der Waals surface area contributed by atoms with Crippen LogP contribution in [0.2, 0.25) is 0 Å². The molecule has 1 saturated carbocycles. The van der Waals surface area contributed by atoms with E-state index in [2.05, 4.69) is 17.9 Å². The molecule has 0 unspecified atom stereocenters. The van der Waals surface area contributed by atoms with Crippen molar-refractivity contribution in [2.45, 2.75) is 26.7 Å². The molecule has 96 valence electrons. The standard InChI is InChI=1S/C13H17N3OS/c1-3-16(7-9-4-5-9)13-10(6-14)11(15)12(18-13)8(2)17/h9H,3-5,7,15H2,1-2H3. The molecule has 0 spiro atoms. The predicted octanol–water partition coefficient (Wildman–Crippen LogP) is 2.64. The van der Waals surface area contributed by atoms with E-state index in [4.69, 9.17) is 5.73 Å². The number of nitrogen functional groups attached to an aromatic ring is 1. The fraction of sp³-hybridized carbons (Fsp3) is 0.538. The minimum Gasteiger partial charge on any atom is -0.396 e. The first-order valence-corrected chi connectivity index (χ1v) is 6.98. The van der Waals surface area contributed by atoms with Crippen LogP contribution in [0, 0.1) is 17.2 Å². The molecule has 1 aromatic heterocycles. The minimum absolute atomic E-state index is 0.0669. The number of nitrogens with zero attached hydrogens (tertiary/aromatic N) is 2. The highest BCUT2D eigenvalue weighted by molar-refractivity contribution is 7.19. The van der Waals surface area contributed by atoms with Crippen LogP contribution in [0.3, 0.4) is 0 Å². The summed E-state index contributed by atoms with van der Waals surface area (Å²) in [4.78, 5) is 14.2. The average Bonchev–Trinajstić information content (AvgIpc) is 3.09. The van der Waals surface area contributed by atoms with E-state index >= 15 is 0 Å². The molecule has 5 heteroatoms. The maximum absolute atomic E-state index is 11.5. The van der Waals surface area contributed by atoms with E-state index < -0.39 is 0 Å². The van der Waals surface area contributed by atoms with Crippen molar-refractivity contribution in [3.8, 4) is 6.07 Å². The fourth-order valence-electron chi connectivity index (χ4n) is 1.99. The summed E-state index contributed by atoms with van der Waals surface area (Å²) in [6, 6.07) is 2.14. The summed E-state index contributed by atoms with van der Waals surface area (Å²) in [6.07, 6.45) is 2.53. The number of anilines is 2. The first-order chi connectivity index (χ1) is 8.58. The lowest BCUT2D eigenvalue weighted by molar-refractivity contribution is 0.102. The van der Waals surface area contributed by atoms with Gasteiger partial charge in [-0.2, -0.15) is 5.26 Å². The van der Waals surface area contributed by atoms with Gasteiger partial charge in [-0.15, -0.1) is 11.3 Å². The quantitative estimate of drug-likeness (QED) is 0.829. The summed E-state index contributed by atoms with van der Waals surface area (Å²) in [6.45, 7) is 5.35. The van der Waals surface area contributed by atoms with Gasteiger partial charge in [0, 0.05) is 20.0 Å². The van der Waals surface area contributed by atoms with Crippen molar-refractivity contribution in [2.24, 2.45) is 5.92 Å². The molecule has 0 atom stereocenters. The molecular formula is C13H17N3OS. The van der Waals surface area contributed by atoms with E-state index in [1.807, 2.05) is 0 Å². The zero-order valence-corrected chi connectivity index (χ0v) is 11.5. The molecule has 1 aromatic rings. The largest absolute Gasteiger partial charge is 0.396 e. The van der Waals surface area contributed by atoms with Gasteiger partial charge < -0.3 is 10.6 Å². The third-order valence-corrected chi connectivity index (χ3v) is 4.57. The summed E-state index contributed by atoms with van der Waals surface area (Å²) >= 11 is 1.35. The predicted molar refractivity (Wildman–Crippen MR) is 74.1 cm³/mol. The number of nitriles is 1. The third kappa shape index (κ3) is 2.34. The van der Waals surface area contributed by atoms with Crippen molar-refractivity contribution in [1.82, 2.24) is 0 Å². The van der Waals surface area contributed by atoms with Crippen LogP contribution in [-0.2, 0) is 0 Å². The van der Waals surface area contributed by atoms with Crippen LogP contribution in [0.15, 0.2) is 0 Å². The van der Waals surface area contributed by atoms with Crippen LogP contribution in [-0.4, -0.2) is 18.9 Å². The number of hydrogen-bond acceptors (Lipinski definition) is 5. The van der Waals surface area contributed by atoms with Gasteiger partial charge in [0.1, 0.15) is 16.6 Å². The molecule has 2 N–H and O–H groups in total. The Morgan fingerprint density at radius 3 is 2.72 bits per heavy atom. The molecule has 0 aliphatic heterocycles. The molecule has 4 nitrogen and oxygen atoms in total. The zero-order chi connectivity index (χ0) is 13.3. The minimum atomic E-state index is -0.0669. The highest BCUT2D eigenvalue weighted by Crippen LogP contribution is 2.40. The molecule has 0 aromatic carbocycles. The van der Waals surface area contributed by atoms with Crippen LogP contribution in [0.25, 0.3) is 0 Å². The van der Waals surface area contributed by atoms with Crippen LogP contribution in [0.4, 0.5) is 10.7 Å². The Morgan fingerprint density at radius 2 is 2.28 bits per heavy atom. The van der Waals surface area contributed by atoms with Gasteiger partial charge in [0.25, 0.3) is 0 Å². The number of rotatable bonds is 5. The van der Waals surface area contributed by atoms with Crippen molar-refractivity contribution < 1.29 is 4.79 Å². The number of Topliss-reactive ketones (excluding diaryl/α,β-unsaturated/α-hetero) is 1. The van der Waals surface area contributed by atoms with Crippen LogP contribution in [0.1, 0.15) is 41.9 Å². The summed E-state index contributed by atoms with van der Waals surface area (Å²) in [5, 5.41) is 10.1. The van der Waals surface area contributed by atoms with Gasteiger partial charge in [-0.1, -0.05) is 0 Å². The normalized spacial score (nSPS) is 14.3. The Kier molecular flexibility index (Phi) is 3.58. The van der Waals surface area contributed by atoms with Crippen molar-refractivity contribution in [3.05, 3.63) is 10.4 Å². The maximum atomic E-state index is 11.5. The summed E-state index contributed by atoms with van der Waals surface area (Å²) in [7, 11) is 0. The van der Waals surface area contributed by atoms with Crippen molar-refractivity contribution in [3.63, 3.8) is 0 Å². The second kappa shape index (κ2) is 4.99. The lowest BCUT2D eigenvalue weighted by Gasteiger charge is -2.21. The van der Waals surface area contributed by atoms with E-state index in [-0.39, 0.29) is 5.78 Å².